The number of hydrogen-bond donors (Lipinski definition) is 1. The highest BCUT2D eigenvalue weighted by Gasteiger charge is 2.38. The lowest BCUT2D eigenvalue weighted by molar-refractivity contribution is 0.315. The second-order valence-electron chi connectivity index (χ2n) is 5.12. The lowest BCUT2D eigenvalue weighted by Crippen LogP contribution is -2.38. The van der Waals surface area contributed by atoms with Crippen molar-refractivity contribution >= 4 is 37.3 Å². The van der Waals surface area contributed by atoms with E-state index in [0.29, 0.717) is 27.7 Å². The predicted molar refractivity (Wildman–Crippen MR) is 81.7 cm³/mol. The van der Waals surface area contributed by atoms with E-state index >= 15 is 0 Å². The van der Waals surface area contributed by atoms with Crippen LogP contribution in [0.2, 0.25) is 0 Å². The Morgan fingerprint density at radius 3 is 2.79 bits per heavy atom. The van der Waals surface area contributed by atoms with Crippen LogP contribution in [0.3, 0.4) is 0 Å². The Kier molecular flexibility index (Phi) is 4.72. The largest absolute Gasteiger partial charge is 0.326 e. The number of thiophene rings is 1. The lowest BCUT2D eigenvalue weighted by atomic mass is 10.0. The van der Waals surface area contributed by atoms with Crippen LogP contribution in [0.1, 0.15) is 31.6 Å². The van der Waals surface area contributed by atoms with E-state index in [0.717, 1.165) is 17.7 Å². The van der Waals surface area contributed by atoms with Crippen molar-refractivity contribution in [2.75, 3.05) is 6.54 Å². The maximum absolute atomic E-state index is 12.8. The first-order valence-electron chi connectivity index (χ1n) is 6.38. The minimum absolute atomic E-state index is 0.109. The zero-order valence-electron chi connectivity index (χ0n) is 11.1. The first kappa shape index (κ1) is 15.4. The number of rotatable bonds is 4. The molecule has 19 heavy (non-hydrogen) atoms. The van der Waals surface area contributed by atoms with E-state index in [2.05, 4.69) is 29.8 Å². The van der Waals surface area contributed by atoms with Crippen molar-refractivity contribution in [2.24, 2.45) is 11.7 Å². The van der Waals surface area contributed by atoms with Gasteiger partial charge >= 0.3 is 0 Å². The molecular weight excluding hydrogens is 348 g/mol. The molecule has 0 aliphatic carbocycles. The van der Waals surface area contributed by atoms with Crippen LogP contribution in [0.4, 0.5) is 0 Å². The van der Waals surface area contributed by atoms with E-state index in [9.17, 15) is 8.42 Å². The van der Waals surface area contributed by atoms with E-state index in [1.165, 1.54) is 11.3 Å². The van der Waals surface area contributed by atoms with Gasteiger partial charge in [-0.3, -0.25) is 0 Å². The van der Waals surface area contributed by atoms with Gasteiger partial charge < -0.3 is 5.73 Å². The van der Waals surface area contributed by atoms with Crippen molar-refractivity contribution in [3.63, 3.8) is 0 Å². The van der Waals surface area contributed by atoms with Gasteiger partial charge in [-0.25, -0.2) is 8.42 Å². The van der Waals surface area contributed by atoms with Crippen molar-refractivity contribution in [2.45, 2.75) is 44.2 Å². The fraction of sp³-hybridized carbons (Fsp3) is 0.667. The van der Waals surface area contributed by atoms with Crippen LogP contribution in [-0.4, -0.2) is 25.3 Å². The molecule has 0 spiro atoms. The summed E-state index contributed by atoms with van der Waals surface area (Å²) in [4.78, 5) is 1.25. The molecule has 1 aliphatic heterocycles. The molecule has 0 radical (unpaired) electrons. The Morgan fingerprint density at radius 2 is 2.26 bits per heavy atom. The fourth-order valence-electron chi connectivity index (χ4n) is 2.53. The number of sulfonamides is 1. The number of nitrogens with zero attached hydrogens (tertiary/aromatic N) is 1. The van der Waals surface area contributed by atoms with E-state index in [-0.39, 0.29) is 6.04 Å². The van der Waals surface area contributed by atoms with Crippen LogP contribution < -0.4 is 5.73 Å². The van der Waals surface area contributed by atoms with Crippen LogP contribution in [0.15, 0.2) is 14.7 Å². The molecular formula is C12H19BrN2O2S2. The molecule has 0 saturated carbocycles. The molecule has 1 saturated heterocycles. The zero-order chi connectivity index (χ0) is 14.2. The average Bonchev–Trinajstić information content (AvgIpc) is 2.94. The fourth-order valence-corrected chi connectivity index (χ4v) is 6.87. The van der Waals surface area contributed by atoms with E-state index in [1.807, 2.05) is 0 Å². The van der Waals surface area contributed by atoms with Gasteiger partial charge in [0, 0.05) is 24.0 Å². The Labute approximate surface area is 127 Å². The summed E-state index contributed by atoms with van der Waals surface area (Å²) in [5.41, 5.74) is 5.59. The Bertz CT molecular complexity index is 554. The van der Waals surface area contributed by atoms with Crippen molar-refractivity contribution < 1.29 is 8.42 Å². The normalized spacial score (nSPS) is 21.4. The molecule has 7 heteroatoms. The molecule has 4 nitrogen and oxygen atoms in total. The molecule has 1 fully saturated rings. The van der Waals surface area contributed by atoms with Gasteiger partial charge in [0.1, 0.15) is 4.90 Å². The van der Waals surface area contributed by atoms with Gasteiger partial charge in [-0.05, 0) is 40.8 Å². The SMILES string of the molecule is CC(C)C1CCCN1S(=O)(=O)c1cc(CN)sc1Br. The monoisotopic (exact) mass is 366 g/mol. The Balaban J connectivity index is 2.39. The van der Waals surface area contributed by atoms with Crippen molar-refractivity contribution in [3.05, 3.63) is 14.7 Å². The number of nitrogens with two attached hydrogens (primary N) is 1. The second-order valence-corrected chi connectivity index (χ2v) is 9.44. The summed E-state index contributed by atoms with van der Waals surface area (Å²) in [6.45, 7) is 5.14. The molecule has 0 bridgehead atoms. The minimum atomic E-state index is -3.41. The molecule has 2 N–H and O–H groups in total. The van der Waals surface area contributed by atoms with E-state index < -0.39 is 10.0 Å². The first-order chi connectivity index (χ1) is 8.87. The standard InChI is InChI=1S/C12H19BrN2O2S2/c1-8(2)10-4-3-5-15(10)19(16,17)11-6-9(7-14)18-12(11)13/h6,8,10H,3-5,7,14H2,1-2H3. The number of hydrogen-bond acceptors (Lipinski definition) is 4. The van der Waals surface area contributed by atoms with E-state index in [1.54, 1.807) is 10.4 Å². The second kappa shape index (κ2) is 5.81. The summed E-state index contributed by atoms with van der Waals surface area (Å²) in [7, 11) is -3.41. The first-order valence-corrected chi connectivity index (χ1v) is 9.43. The third-order valence-corrected chi connectivity index (χ3v) is 7.71. The van der Waals surface area contributed by atoms with Gasteiger partial charge in [-0.2, -0.15) is 4.31 Å². The Hall–Kier alpha value is 0.0500. The topological polar surface area (TPSA) is 63.4 Å². The third kappa shape index (κ3) is 2.90. The van der Waals surface area contributed by atoms with Crippen LogP contribution in [0.5, 0.6) is 0 Å². The summed E-state index contributed by atoms with van der Waals surface area (Å²) < 4.78 is 27.8. The maximum atomic E-state index is 12.8. The maximum Gasteiger partial charge on any atom is 0.245 e. The third-order valence-electron chi connectivity index (χ3n) is 3.51. The van der Waals surface area contributed by atoms with Gasteiger partial charge in [-0.15, -0.1) is 11.3 Å². The van der Waals surface area contributed by atoms with Gasteiger partial charge in [0.05, 0.1) is 3.79 Å². The van der Waals surface area contributed by atoms with Crippen LogP contribution in [0, 0.1) is 5.92 Å². The predicted octanol–water partition coefficient (Wildman–Crippen LogP) is 2.78. The molecule has 1 aliphatic rings. The van der Waals surface area contributed by atoms with Crippen LogP contribution in [0.25, 0.3) is 0 Å². The molecule has 1 atom stereocenters. The number of halogens is 1. The van der Waals surface area contributed by atoms with Crippen molar-refractivity contribution in [1.82, 2.24) is 4.31 Å². The smallest absolute Gasteiger partial charge is 0.245 e. The summed E-state index contributed by atoms with van der Waals surface area (Å²) in [5.74, 6) is 0.337. The van der Waals surface area contributed by atoms with Crippen LogP contribution in [-0.2, 0) is 16.6 Å². The van der Waals surface area contributed by atoms with Gasteiger partial charge in [0.15, 0.2) is 0 Å². The molecule has 1 unspecified atom stereocenters. The highest BCUT2D eigenvalue weighted by atomic mass is 79.9. The highest BCUT2D eigenvalue weighted by molar-refractivity contribution is 9.11. The summed E-state index contributed by atoms with van der Waals surface area (Å²) in [5, 5.41) is 0. The van der Waals surface area contributed by atoms with Gasteiger partial charge in [0.2, 0.25) is 10.0 Å². The summed E-state index contributed by atoms with van der Waals surface area (Å²) in [6, 6.07) is 1.80. The van der Waals surface area contributed by atoms with Gasteiger partial charge in [-0.1, -0.05) is 13.8 Å². The molecule has 0 amide bonds. The lowest BCUT2D eigenvalue weighted by Gasteiger charge is -2.26. The molecule has 2 rings (SSSR count). The molecule has 2 heterocycles. The van der Waals surface area contributed by atoms with Crippen molar-refractivity contribution in [1.29, 1.82) is 0 Å². The zero-order valence-corrected chi connectivity index (χ0v) is 14.3. The van der Waals surface area contributed by atoms with Gasteiger partial charge in [0.25, 0.3) is 0 Å². The molecule has 1 aromatic rings. The van der Waals surface area contributed by atoms with Crippen molar-refractivity contribution in [3.8, 4) is 0 Å². The molecule has 0 aromatic carbocycles. The molecule has 108 valence electrons. The molecule has 1 aromatic heterocycles. The van der Waals surface area contributed by atoms with E-state index in [4.69, 9.17) is 5.73 Å². The average molecular weight is 367 g/mol. The summed E-state index contributed by atoms with van der Waals surface area (Å²) in [6.07, 6.45) is 1.88. The highest BCUT2D eigenvalue weighted by Crippen LogP contribution is 2.37. The quantitative estimate of drug-likeness (QED) is 0.890. The minimum Gasteiger partial charge on any atom is -0.326 e. The van der Waals surface area contributed by atoms with Crippen LogP contribution >= 0.6 is 27.3 Å². The Morgan fingerprint density at radius 1 is 1.58 bits per heavy atom. The summed E-state index contributed by atoms with van der Waals surface area (Å²) >= 11 is 4.75.